The van der Waals surface area contributed by atoms with Gasteiger partial charge in [0.25, 0.3) is 0 Å². The lowest BCUT2D eigenvalue weighted by atomic mass is 9.79. The third kappa shape index (κ3) is 3.88. The maximum atomic E-state index is 12.9. The molecule has 2 saturated heterocycles. The number of carboxylic acid groups (broad SMARTS) is 1. The van der Waals surface area contributed by atoms with Gasteiger partial charge in [-0.25, -0.2) is 19.1 Å². The fourth-order valence-corrected chi connectivity index (χ4v) is 7.23. The molecule has 0 spiro atoms. The summed E-state index contributed by atoms with van der Waals surface area (Å²) in [5, 5.41) is 19.9. The number of amides is 2. The molecule has 0 saturated carbocycles. The van der Waals surface area contributed by atoms with Gasteiger partial charge in [0.2, 0.25) is 5.91 Å². The molecule has 0 aromatic carbocycles. The number of carbonyl (C=O) groups is 3. The van der Waals surface area contributed by atoms with Crippen LogP contribution in [0.2, 0.25) is 0 Å². The average Bonchev–Trinajstić information content (AvgIpc) is 3.57. The summed E-state index contributed by atoms with van der Waals surface area (Å²) in [6.07, 6.45) is 6.30. The second kappa shape index (κ2) is 9.32. The van der Waals surface area contributed by atoms with Crippen molar-refractivity contribution < 1.29 is 29.3 Å². The van der Waals surface area contributed by atoms with Crippen molar-refractivity contribution in [2.24, 2.45) is 11.8 Å². The molecule has 2 N–H and O–H groups in total. The summed E-state index contributed by atoms with van der Waals surface area (Å²) in [4.78, 5) is 45.6. The molecule has 12 heteroatoms. The summed E-state index contributed by atoms with van der Waals surface area (Å²) in [6, 6.07) is 1.34. The number of aliphatic hydroxyl groups is 1. The molecule has 2 fully saturated rings. The minimum absolute atomic E-state index is 0.00540. The van der Waals surface area contributed by atoms with Crippen molar-refractivity contribution in [1.82, 2.24) is 24.0 Å². The maximum Gasteiger partial charge on any atom is 0.410 e. The van der Waals surface area contributed by atoms with Crippen LogP contribution in [0.1, 0.15) is 20.3 Å². The molecule has 2 aromatic rings. The van der Waals surface area contributed by atoms with Gasteiger partial charge in [-0.15, -0.1) is 11.8 Å². The van der Waals surface area contributed by atoms with Gasteiger partial charge in [-0.05, 0) is 13.3 Å². The molecule has 2 amide bonds. The van der Waals surface area contributed by atoms with Gasteiger partial charge in [0.1, 0.15) is 12.3 Å². The van der Waals surface area contributed by atoms with E-state index in [1.807, 2.05) is 34.6 Å². The van der Waals surface area contributed by atoms with Crippen molar-refractivity contribution in [2.75, 3.05) is 13.2 Å². The fourth-order valence-electron chi connectivity index (χ4n) is 5.66. The van der Waals surface area contributed by atoms with Crippen LogP contribution in [-0.4, -0.2) is 88.8 Å². The van der Waals surface area contributed by atoms with Gasteiger partial charge < -0.3 is 24.7 Å². The smallest absolute Gasteiger partial charge is 0.410 e. The summed E-state index contributed by atoms with van der Waals surface area (Å²) in [6.45, 7) is 8.05. The van der Waals surface area contributed by atoms with Gasteiger partial charge in [0.05, 0.1) is 30.7 Å². The molecule has 3 aliphatic rings. The quantitative estimate of drug-likeness (QED) is 0.402. The molecule has 5 rings (SSSR count). The van der Waals surface area contributed by atoms with E-state index in [4.69, 9.17) is 4.74 Å². The van der Waals surface area contributed by atoms with Crippen LogP contribution >= 0.6 is 11.8 Å². The third-order valence-corrected chi connectivity index (χ3v) is 8.75. The highest BCUT2D eigenvalue weighted by atomic mass is 32.2. The number of β-lactam (4-membered cyclic amide) rings is 1. The maximum absolute atomic E-state index is 12.9. The molecule has 5 heterocycles. The number of carbonyl (C=O) groups excluding carboxylic acids is 2. The van der Waals surface area contributed by atoms with Crippen molar-refractivity contribution in [3.8, 4) is 0 Å². The van der Waals surface area contributed by atoms with Crippen molar-refractivity contribution in [3.05, 3.63) is 47.9 Å². The van der Waals surface area contributed by atoms with Crippen LogP contribution in [0, 0.1) is 11.8 Å². The molecule has 0 aliphatic carbocycles. The lowest BCUT2D eigenvalue weighted by molar-refractivity contribution is -0.163. The van der Waals surface area contributed by atoms with E-state index in [2.05, 4.69) is 11.6 Å². The standard InChI is InChI=1S/C24H29N5O6S/c1-4-9-35-24(34)27-12-16(10-15(27)11-26-7-5-17-25-6-8-28(17)26)36-21-13(2)19-18(14(3)30)22(31)29(19)20(21)23(32)33/h4-8,13-16,18-19,30H,1,9-12H2,2-3H3,(H,32,33)/t13-,14-,15+,16+,18-,19-/m1/s1. The van der Waals surface area contributed by atoms with Gasteiger partial charge in [-0.1, -0.05) is 19.6 Å². The molecule has 3 aliphatic heterocycles. The Morgan fingerprint density at radius 1 is 1.39 bits per heavy atom. The van der Waals surface area contributed by atoms with Gasteiger partial charge in [-0.2, -0.15) is 0 Å². The van der Waals surface area contributed by atoms with Crippen LogP contribution in [0.3, 0.4) is 0 Å². The normalized spacial score (nSPS) is 28.4. The molecular weight excluding hydrogens is 486 g/mol. The topological polar surface area (TPSA) is 130 Å². The molecule has 0 unspecified atom stereocenters. The number of fused-ring (bicyclic) bond motifs is 2. The first kappa shape index (κ1) is 24.4. The zero-order valence-electron chi connectivity index (χ0n) is 20.1. The van der Waals surface area contributed by atoms with E-state index in [0.29, 0.717) is 24.4 Å². The van der Waals surface area contributed by atoms with E-state index in [1.54, 1.807) is 18.0 Å². The molecule has 6 atom stereocenters. The lowest BCUT2D eigenvalue weighted by Crippen LogP contribution is -2.63. The molecule has 36 heavy (non-hydrogen) atoms. The highest BCUT2D eigenvalue weighted by molar-refractivity contribution is 8.03. The van der Waals surface area contributed by atoms with Crippen molar-refractivity contribution in [1.29, 1.82) is 0 Å². The highest BCUT2D eigenvalue weighted by Crippen LogP contribution is 2.52. The Hall–Kier alpha value is -3.25. The molecule has 11 nitrogen and oxygen atoms in total. The summed E-state index contributed by atoms with van der Waals surface area (Å²) in [5.41, 5.74) is 0.798. The number of aromatic nitrogens is 3. The number of likely N-dealkylation sites (tertiary alicyclic amines) is 1. The van der Waals surface area contributed by atoms with Gasteiger partial charge >= 0.3 is 12.1 Å². The number of thioether (sulfide) groups is 1. The van der Waals surface area contributed by atoms with Crippen LogP contribution in [-0.2, 0) is 20.9 Å². The number of carboxylic acids is 1. The van der Waals surface area contributed by atoms with Crippen molar-refractivity contribution in [3.63, 3.8) is 0 Å². The molecule has 0 bridgehead atoms. The predicted molar refractivity (Wildman–Crippen MR) is 131 cm³/mol. The average molecular weight is 516 g/mol. The lowest BCUT2D eigenvalue weighted by Gasteiger charge is -2.46. The first-order valence-corrected chi connectivity index (χ1v) is 12.8. The largest absolute Gasteiger partial charge is 0.477 e. The first-order valence-electron chi connectivity index (χ1n) is 11.9. The molecular formula is C24H29N5O6S. The number of rotatable bonds is 8. The van der Waals surface area contributed by atoms with Crippen LogP contribution in [0.25, 0.3) is 5.65 Å². The Kier molecular flexibility index (Phi) is 6.33. The number of aliphatic carboxylic acids is 1. The van der Waals surface area contributed by atoms with E-state index in [-0.39, 0.29) is 41.5 Å². The van der Waals surface area contributed by atoms with E-state index in [9.17, 15) is 24.6 Å². The number of hydrogen-bond donors (Lipinski definition) is 2. The summed E-state index contributed by atoms with van der Waals surface area (Å²) in [7, 11) is 0. The van der Waals surface area contributed by atoms with Crippen LogP contribution in [0.5, 0.6) is 0 Å². The first-order chi connectivity index (χ1) is 17.2. The summed E-state index contributed by atoms with van der Waals surface area (Å²) in [5.74, 6) is -2.35. The zero-order chi connectivity index (χ0) is 25.7. The van der Waals surface area contributed by atoms with E-state index < -0.39 is 24.1 Å². The summed E-state index contributed by atoms with van der Waals surface area (Å²) < 4.78 is 9.22. The monoisotopic (exact) mass is 515 g/mol. The number of imidazole rings is 1. The highest BCUT2D eigenvalue weighted by Gasteiger charge is 2.60. The van der Waals surface area contributed by atoms with Gasteiger partial charge in [0, 0.05) is 47.3 Å². The van der Waals surface area contributed by atoms with E-state index in [0.717, 1.165) is 5.65 Å². The Bertz CT molecular complexity index is 1250. The Morgan fingerprint density at radius 3 is 2.86 bits per heavy atom. The van der Waals surface area contributed by atoms with Crippen LogP contribution in [0.4, 0.5) is 4.79 Å². The van der Waals surface area contributed by atoms with Crippen LogP contribution in [0.15, 0.2) is 47.9 Å². The third-order valence-electron chi connectivity index (χ3n) is 7.26. The Morgan fingerprint density at radius 2 is 2.17 bits per heavy atom. The number of hydrogen-bond acceptors (Lipinski definition) is 7. The van der Waals surface area contributed by atoms with E-state index >= 15 is 0 Å². The molecule has 0 radical (unpaired) electrons. The van der Waals surface area contributed by atoms with Crippen molar-refractivity contribution in [2.45, 2.75) is 50.3 Å². The summed E-state index contributed by atoms with van der Waals surface area (Å²) >= 11 is 1.41. The van der Waals surface area contributed by atoms with Crippen LogP contribution < -0.4 is 0 Å². The predicted octanol–water partition coefficient (Wildman–Crippen LogP) is 1.79. The van der Waals surface area contributed by atoms with E-state index in [1.165, 1.54) is 22.7 Å². The SMILES string of the molecule is C=CCOC(=O)N1C[C@@H](SC2=C(C(=O)O)N3C(=O)[C@H]([C@@H](C)O)[C@H]3[C@H]2C)C[C@H]1Cn1ccc2nccn21. The fraction of sp³-hybridized carbons (Fsp3) is 0.500. The Labute approximate surface area is 212 Å². The number of nitrogens with zero attached hydrogens (tertiary/aromatic N) is 5. The van der Waals surface area contributed by atoms with Gasteiger partial charge in [-0.3, -0.25) is 9.48 Å². The Balaban J connectivity index is 1.39. The minimum Gasteiger partial charge on any atom is -0.477 e. The zero-order valence-corrected chi connectivity index (χ0v) is 20.9. The second-order valence-electron chi connectivity index (χ2n) is 9.49. The number of ether oxygens (including phenoxy) is 1. The molecule has 192 valence electrons. The molecule has 2 aromatic heterocycles. The minimum atomic E-state index is -1.16. The second-order valence-corrected chi connectivity index (χ2v) is 10.8. The van der Waals surface area contributed by atoms with Crippen molar-refractivity contribution >= 4 is 35.4 Å². The number of aliphatic hydroxyl groups excluding tert-OH is 1. The van der Waals surface area contributed by atoms with Gasteiger partial charge in [0.15, 0.2) is 5.65 Å².